The summed E-state index contributed by atoms with van der Waals surface area (Å²) in [5.74, 6) is 0.533. The van der Waals surface area contributed by atoms with Gasteiger partial charge in [0.15, 0.2) is 0 Å². The van der Waals surface area contributed by atoms with Crippen LogP contribution in [0.15, 0.2) is 64.5 Å². The summed E-state index contributed by atoms with van der Waals surface area (Å²) in [7, 11) is 1.60. The van der Waals surface area contributed by atoms with Crippen LogP contribution in [-0.4, -0.2) is 18.0 Å². The molecule has 3 rings (SSSR count). The number of aromatic nitrogens is 1. The molecular weight excluding hydrogens is 412 g/mol. The molecule has 0 unspecified atom stereocenters. The first kappa shape index (κ1) is 18.4. The highest BCUT2D eigenvalue weighted by Gasteiger charge is 2.06. The van der Waals surface area contributed by atoms with Crippen molar-refractivity contribution in [3.05, 3.63) is 75.7 Å². The van der Waals surface area contributed by atoms with Gasteiger partial charge in [0.25, 0.3) is 0 Å². The van der Waals surface area contributed by atoms with Crippen LogP contribution in [0.3, 0.4) is 0 Å². The van der Waals surface area contributed by atoms with Gasteiger partial charge in [0.05, 0.1) is 19.3 Å². The van der Waals surface area contributed by atoms with Crippen LogP contribution in [0.2, 0.25) is 0 Å². The molecule has 1 N–H and O–H groups in total. The Bertz CT molecular complexity index is 923. The Balaban J connectivity index is 1.60. The monoisotopic (exact) mass is 428 g/mol. The summed E-state index contributed by atoms with van der Waals surface area (Å²) in [6.45, 7) is 0.391. The van der Waals surface area contributed by atoms with Crippen LogP contribution >= 0.6 is 27.3 Å². The lowest BCUT2D eigenvalue weighted by Crippen LogP contribution is -2.20. The van der Waals surface area contributed by atoms with E-state index in [9.17, 15) is 4.79 Å². The molecule has 4 nitrogen and oxygen atoms in total. The maximum absolute atomic E-state index is 12.1. The Kier molecular flexibility index (Phi) is 6.20. The van der Waals surface area contributed by atoms with E-state index >= 15 is 0 Å². The zero-order valence-corrected chi connectivity index (χ0v) is 16.5. The highest BCUT2D eigenvalue weighted by atomic mass is 79.9. The molecule has 1 amide bonds. The summed E-state index contributed by atoms with van der Waals surface area (Å²) in [5.41, 5.74) is 2.75. The van der Waals surface area contributed by atoms with Gasteiger partial charge in [-0.15, -0.1) is 11.3 Å². The molecule has 0 radical (unpaired) electrons. The highest BCUT2D eigenvalue weighted by Crippen LogP contribution is 2.24. The number of nitrogens with one attached hydrogen (secondary N) is 1. The van der Waals surface area contributed by atoms with Crippen LogP contribution in [-0.2, 0) is 11.3 Å². The Hall–Kier alpha value is -2.44. The van der Waals surface area contributed by atoms with Crippen molar-refractivity contribution in [2.24, 2.45) is 0 Å². The van der Waals surface area contributed by atoms with Crippen LogP contribution in [0.25, 0.3) is 16.6 Å². The molecule has 0 saturated heterocycles. The largest absolute Gasteiger partial charge is 0.496 e. The molecule has 0 saturated carbocycles. The minimum Gasteiger partial charge on any atom is -0.496 e. The van der Waals surface area contributed by atoms with E-state index in [0.29, 0.717) is 12.3 Å². The fraction of sp³-hybridized carbons (Fsp3) is 0.100. The average Bonchev–Trinajstić information content (AvgIpc) is 3.14. The zero-order chi connectivity index (χ0) is 18.4. The van der Waals surface area contributed by atoms with Crippen molar-refractivity contribution in [2.45, 2.75) is 6.54 Å². The summed E-state index contributed by atoms with van der Waals surface area (Å²) in [4.78, 5) is 16.6. The minimum atomic E-state index is -0.179. The summed E-state index contributed by atoms with van der Waals surface area (Å²) in [5, 5.41) is 5.76. The van der Waals surface area contributed by atoms with E-state index in [1.807, 2.05) is 53.9 Å². The second kappa shape index (κ2) is 8.78. The lowest BCUT2D eigenvalue weighted by Gasteiger charge is -2.05. The molecule has 6 heteroatoms. The number of thiazole rings is 1. The number of nitrogens with zero attached hydrogens (tertiary/aromatic N) is 1. The Morgan fingerprint density at radius 2 is 2.08 bits per heavy atom. The molecule has 0 aliphatic heterocycles. The van der Waals surface area contributed by atoms with Gasteiger partial charge in [-0.1, -0.05) is 46.3 Å². The number of amides is 1. The number of ether oxygens (including phenoxy) is 1. The predicted molar refractivity (Wildman–Crippen MR) is 109 cm³/mol. The number of methoxy groups -OCH3 is 1. The van der Waals surface area contributed by atoms with Gasteiger partial charge in [0, 0.05) is 27.1 Å². The SMILES string of the molecule is COc1ccc(Br)cc1/C=C/C(=O)NCc1csc(-c2ccccc2)n1. The normalized spacial score (nSPS) is 10.8. The second-order valence-corrected chi connectivity index (χ2v) is 7.22. The third-order valence-corrected chi connectivity index (χ3v) is 5.06. The van der Waals surface area contributed by atoms with Crippen molar-refractivity contribution in [2.75, 3.05) is 7.11 Å². The van der Waals surface area contributed by atoms with Gasteiger partial charge in [0.1, 0.15) is 10.8 Å². The van der Waals surface area contributed by atoms with Crippen molar-refractivity contribution in [1.82, 2.24) is 10.3 Å². The summed E-state index contributed by atoms with van der Waals surface area (Å²) in [6.07, 6.45) is 3.23. The summed E-state index contributed by atoms with van der Waals surface area (Å²) >= 11 is 4.99. The number of benzene rings is 2. The molecule has 0 atom stereocenters. The zero-order valence-electron chi connectivity index (χ0n) is 14.1. The highest BCUT2D eigenvalue weighted by molar-refractivity contribution is 9.10. The fourth-order valence-electron chi connectivity index (χ4n) is 2.34. The van der Waals surface area contributed by atoms with Crippen molar-refractivity contribution in [3.8, 4) is 16.3 Å². The van der Waals surface area contributed by atoms with Gasteiger partial charge in [-0.2, -0.15) is 0 Å². The molecule has 0 fully saturated rings. The third-order valence-electron chi connectivity index (χ3n) is 3.62. The summed E-state index contributed by atoms with van der Waals surface area (Å²) in [6, 6.07) is 15.6. The number of carbonyl (C=O) groups is 1. The van der Waals surface area contributed by atoms with Gasteiger partial charge >= 0.3 is 0 Å². The molecule has 0 aliphatic rings. The van der Waals surface area contributed by atoms with Gasteiger partial charge in [-0.3, -0.25) is 4.79 Å². The average molecular weight is 429 g/mol. The van der Waals surface area contributed by atoms with Crippen LogP contribution < -0.4 is 10.1 Å². The molecule has 2 aromatic carbocycles. The number of hydrogen-bond acceptors (Lipinski definition) is 4. The molecule has 1 heterocycles. The topological polar surface area (TPSA) is 51.2 Å². The third kappa shape index (κ3) is 4.80. The number of hydrogen-bond donors (Lipinski definition) is 1. The number of carbonyl (C=O) groups excluding carboxylic acids is 1. The van der Waals surface area contributed by atoms with Crippen molar-refractivity contribution < 1.29 is 9.53 Å². The molecule has 0 aliphatic carbocycles. The van der Waals surface area contributed by atoms with Crippen LogP contribution in [0.4, 0.5) is 0 Å². The molecular formula is C20H17BrN2O2S. The smallest absolute Gasteiger partial charge is 0.244 e. The second-order valence-electron chi connectivity index (χ2n) is 5.45. The first-order valence-corrected chi connectivity index (χ1v) is 9.62. The van der Waals surface area contributed by atoms with Crippen LogP contribution in [0.1, 0.15) is 11.3 Å². The Labute approximate surface area is 164 Å². The molecule has 1 aromatic heterocycles. The number of halogens is 1. The van der Waals surface area contributed by atoms with E-state index in [-0.39, 0.29) is 5.91 Å². The van der Waals surface area contributed by atoms with Crippen LogP contribution in [0.5, 0.6) is 5.75 Å². The van der Waals surface area contributed by atoms with E-state index in [4.69, 9.17) is 4.74 Å². The fourth-order valence-corrected chi connectivity index (χ4v) is 3.54. The Morgan fingerprint density at radius 1 is 1.27 bits per heavy atom. The summed E-state index contributed by atoms with van der Waals surface area (Å²) < 4.78 is 6.22. The van der Waals surface area contributed by atoms with Gasteiger partial charge in [-0.05, 0) is 24.3 Å². The quantitative estimate of drug-likeness (QED) is 0.567. The lowest BCUT2D eigenvalue weighted by atomic mass is 10.2. The minimum absolute atomic E-state index is 0.179. The van der Waals surface area contributed by atoms with E-state index in [0.717, 1.165) is 26.3 Å². The van der Waals surface area contributed by atoms with E-state index in [1.165, 1.54) is 6.08 Å². The van der Waals surface area contributed by atoms with Crippen molar-refractivity contribution in [3.63, 3.8) is 0 Å². The van der Waals surface area contributed by atoms with Crippen LogP contribution in [0, 0.1) is 0 Å². The maximum atomic E-state index is 12.1. The Morgan fingerprint density at radius 3 is 2.85 bits per heavy atom. The maximum Gasteiger partial charge on any atom is 0.244 e. The van der Waals surface area contributed by atoms with E-state index < -0.39 is 0 Å². The first-order chi connectivity index (χ1) is 12.7. The lowest BCUT2D eigenvalue weighted by molar-refractivity contribution is -0.116. The van der Waals surface area contributed by atoms with Crippen molar-refractivity contribution >= 4 is 39.2 Å². The standard InChI is InChI=1S/C20H17BrN2O2S/c1-25-18-9-8-16(21)11-15(18)7-10-19(24)22-12-17-13-26-20(23-17)14-5-3-2-4-6-14/h2-11,13H,12H2,1H3,(H,22,24)/b10-7+. The van der Waals surface area contributed by atoms with E-state index in [2.05, 4.69) is 26.2 Å². The first-order valence-electron chi connectivity index (χ1n) is 7.95. The van der Waals surface area contributed by atoms with Crippen molar-refractivity contribution in [1.29, 1.82) is 0 Å². The molecule has 0 bridgehead atoms. The molecule has 3 aromatic rings. The van der Waals surface area contributed by atoms with Gasteiger partial charge in [0.2, 0.25) is 5.91 Å². The van der Waals surface area contributed by atoms with Gasteiger partial charge < -0.3 is 10.1 Å². The van der Waals surface area contributed by atoms with E-state index in [1.54, 1.807) is 24.5 Å². The molecule has 26 heavy (non-hydrogen) atoms. The predicted octanol–water partition coefficient (Wildman–Crippen LogP) is 4.91. The molecule has 132 valence electrons. The van der Waals surface area contributed by atoms with Gasteiger partial charge in [-0.25, -0.2) is 4.98 Å². The number of rotatable bonds is 6. The molecule has 0 spiro atoms.